The molecule has 2 aromatic carbocycles. The molecule has 2 heterocycles. The number of aryl methyl sites for hydroxylation is 1. The molecular weight excluding hydrogens is 380 g/mol. The first-order valence-corrected chi connectivity index (χ1v) is 9.86. The number of H-pyrrole nitrogens is 1. The number of methoxy groups -OCH3 is 1. The first-order valence-electron chi connectivity index (χ1n) is 9.86. The number of Topliss-reactive ketones (excluding diaryl/α,β-unsaturated/α-hetero) is 1. The molecule has 2 N–H and O–H groups in total. The minimum atomic E-state index is -0.588. The van der Waals surface area contributed by atoms with E-state index in [-0.39, 0.29) is 11.4 Å². The number of aliphatic hydroxyl groups excluding tert-OH is 1. The topological polar surface area (TPSA) is 82.6 Å². The zero-order valence-corrected chi connectivity index (χ0v) is 17.2. The van der Waals surface area contributed by atoms with Crippen LogP contribution in [0, 0.1) is 6.92 Å². The van der Waals surface area contributed by atoms with Crippen LogP contribution in [0.15, 0.2) is 60.0 Å². The summed E-state index contributed by atoms with van der Waals surface area (Å²) in [6, 6.07) is 12.9. The Labute approximate surface area is 174 Å². The molecule has 6 heteroatoms. The second-order valence-corrected chi connectivity index (χ2v) is 7.61. The van der Waals surface area contributed by atoms with Gasteiger partial charge < -0.3 is 19.7 Å². The highest BCUT2D eigenvalue weighted by atomic mass is 16.5. The van der Waals surface area contributed by atoms with Crippen LogP contribution in [0.4, 0.5) is 0 Å². The summed E-state index contributed by atoms with van der Waals surface area (Å²) in [6.07, 6.45) is 2.49. The highest BCUT2D eigenvalue weighted by molar-refractivity contribution is 6.08. The highest BCUT2D eigenvalue weighted by Gasteiger charge is 2.42. The number of aromatic amines is 1. The standard InChI is InChI=1S/C24H24N2O4/c1-14-4-6-16(7-5-14)22-21(15(2)27)23(28)24(29)26(22)11-10-17-13-25-20-9-8-18(30-3)12-19(17)20/h4-9,12-13,22,25,28H,10-11H2,1-3H3/t22-/m1/s1. The number of nitrogens with zero attached hydrogens (tertiary/aromatic N) is 1. The third kappa shape index (κ3) is 3.34. The number of ether oxygens (including phenoxy) is 1. The Hall–Kier alpha value is -3.54. The monoisotopic (exact) mass is 404 g/mol. The van der Waals surface area contributed by atoms with Gasteiger partial charge in [0.05, 0.1) is 18.7 Å². The average molecular weight is 404 g/mol. The van der Waals surface area contributed by atoms with Crippen LogP contribution in [0.1, 0.15) is 29.7 Å². The predicted molar refractivity (Wildman–Crippen MR) is 115 cm³/mol. The van der Waals surface area contributed by atoms with E-state index in [4.69, 9.17) is 4.74 Å². The number of hydrogen-bond donors (Lipinski definition) is 2. The fraction of sp³-hybridized carbons (Fsp3) is 0.250. The number of carbonyl (C=O) groups excluding carboxylic acids is 2. The van der Waals surface area contributed by atoms with Gasteiger partial charge in [0.2, 0.25) is 0 Å². The number of hydrogen-bond acceptors (Lipinski definition) is 4. The SMILES string of the molecule is COc1ccc2[nH]cc(CCN3C(=O)C(O)=C(C(C)=O)[C@H]3c3ccc(C)cc3)c2c1. The lowest BCUT2D eigenvalue weighted by Crippen LogP contribution is -2.32. The molecule has 0 fully saturated rings. The van der Waals surface area contributed by atoms with Crippen LogP contribution < -0.4 is 4.74 Å². The summed E-state index contributed by atoms with van der Waals surface area (Å²) in [5.41, 5.74) is 4.07. The molecule has 3 aromatic rings. The van der Waals surface area contributed by atoms with Crippen molar-refractivity contribution in [2.24, 2.45) is 0 Å². The van der Waals surface area contributed by atoms with Gasteiger partial charge in [0.1, 0.15) is 5.75 Å². The molecule has 4 rings (SSSR count). The van der Waals surface area contributed by atoms with E-state index in [1.54, 1.807) is 12.0 Å². The number of rotatable bonds is 6. The van der Waals surface area contributed by atoms with Gasteiger partial charge >= 0.3 is 0 Å². The highest BCUT2D eigenvalue weighted by Crippen LogP contribution is 2.38. The second kappa shape index (κ2) is 7.71. The van der Waals surface area contributed by atoms with Crippen molar-refractivity contribution in [3.8, 4) is 5.75 Å². The predicted octanol–water partition coefficient (Wildman–Crippen LogP) is 4.01. The van der Waals surface area contributed by atoms with Gasteiger partial charge in [-0.1, -0.05) is 29.8 Å². The van der Waals surface area contributed by atoms with Gasteiger partial charge in [-0.05, 0) is 49.6 Å². The van der Waals surface area contributed by atoms with Crippen molar-refractivity contribution in [3.05, 3.63) is 76.7 Å². The van der Waals surface area contributed by atoms with Gasteiger partial charge in [0.15, 0.2) is 11.5 Å². The second-order valence-electron chi connectivity index (χ2n) is 7.61. The zero-order valence-electron chi connectivity index (χ0n) is 17.2. The number of amides is 1. The number of benzene rings is 2. The Morgan fingerprint density at radius 2 is 1.93 bits per heavy atom. The Bertz CT molecular complexity index is 1160. The van der Waals surface area contributed by atoms with E-state index >= 15 is 0 Å². The average Bonchev–Trinajstić information content (AvgIpc) is 3.25. The summed E-state index contributed by atoms with van der Waals surface area (Å²) in [6.45, 7) is 3.73. The van der Waals surface area contributed by atoms with Crippen LogP contribution in [0.25, 0.3) is 10.9 Å². The molecule has 0 spiro atoms. The lowest BCUT2D eigenvalue weighted by atomic mass is 9.96. The van der Waals surface area contributed by atoms with Crippen molar-refractivity contribution in [1.82, 2.24) is 9.88 Å². The molecule has 0 aliphatic carbocycles. The fourth-order valence-electron chi connectivity index (χ4n) is 4.07. The molecule has 0 unspecified atom stereocenters. The van der Waals surface area contributed by atoms with Crippen molar-refractivity contribution < 1.29 is 19.4 Å². The van der Waals surface area contributed by atoms with E-state index in [9.17, 15) is 14.7 Å². The molecule has 1 aromatic heterocycles. The van der Waals surface area contributed by atoms with Crippen LogP contribution in [0.2, 0.25) is 0 Å². The minimum Gasteiger partial charge on any atom is -0.503 e. The van der Waals surface area contributed by atoms with Gasteiger partial charge in [-0.3, -0.25) is 9.59 Å². The maximum absolute atomic E-state index is 12.8. The molecule has 1 atom stereocenters. The summed E-state index contributed by atoms with van der Waals surface area (Å²) < 4.78 is 5.33. The smallest absolute Gasteiger partial charge is 0.290 e. The maximum atomic E-state index is 12.8. The lowest BCUT2D eigenvalue weighted by molar-refractivity contribution is -0.129. The van der Waals surface area contributed by atoms with E-state index in [0.717, 1.165) is 33.3 Å². The fourth-order valence-corrected chi connectivity index (χ4v) is 4.07. The Morgan fingerprint density at radius 1 is 1.20 bits per heavy atom. The number of nitrogens with one attached hydrogen (secondary N) is 1. The van der Waals surface area contributed by atoms with Gasteiger partial charge in [0, 0.05) is 23.6 Å². The number of fused-ring (bicyclic) bond motifs is 1. The van der Waals surface area contributed by atoms with Crippen molar-refractivity contribution in [1.29, 1.82) is 0 Å². The number of carbonyl (C=O) groups is 2. The van der Waals surface area contributed by atoms with Crippen molar-refractivity contribution in [3.63, 3.8) is 0 Å². The largest absolute Gasteiger partial charge is 0.503 e. The van der Waals surface area contributed by atoms with Gasteiger partial charge in [-0.25, -0.2) is 0 Å². The Balaban J connectivity index is 1.66. The van der Waals surface area contributed by atoms with Crippen LogP contribution in [0.3, 0.4) is 0 Å². The number of aromatic nitrogens is 1. The third-order valence-corrected chi connectivity index (χ3v) is 5.67. The molecule has 0 saturated carbocycles. The van der Waals surface area contributed by atoms with E-state index in [0.29, 0.717) is 13.0 Å². The van der Waals surface area contributed by atoms with E-state index in [2.05, 4.69) is 4.98 Å². The molecule has 0 bridgehead atoms. The molecule has 6 nitrogen and oxygen atoms in total. The Kier molecular flexibility index (Phi) is 5.08. The first-order chi connectivity index (χ1) is 14.4. The zero-order chi connectivity index (χ0) is 21.4. The molecule has 154 valence electrons. The van der Waals surface area contributed by atoms with Gasteiger partial charge in [-0.15, -0.1) is 0 Å². The third-order valence-electron chi connectivity index (χ3n) is 5.67. The minimum absolute atomic E-state index is 0.157. The van der Waals surface area contributed by atoms with Crippen LogP contribution in [-0.4, -0.2) is 40.3 Å². The van der Waals surface area contributed by atoms with E-state index in [1.807, 2.05) is 55.6 Å². The summed E-state index contributed by atoms with van der Waals surface area (Å²) in [5, 5.41) is 11.5. The molecule has 1 aliphatic rings. The van der Waals surface area contributed by atoms with Gasteiger partial charge in [-0.2, -0.15) is 0 Å². The number of ketones is 1. The molecule has 0 saturated heterocycles. The van der Waals surface area contributed by atoms with Gasteiger partial charge in [0.25, 0.3) is 5.91 Å². The van der Waals surface area contributed by atoms with Crippen LogP contribution in [0.5, 0.6) is 5.75 Å². The van der Waals surface area contributed by atoms with Crippen molar-refractivity contribution in [2.45, 2.75) is 26.3 Å². The van der Waals surface area contributed by atoms with Crippen molar-refractivity contribution >= 4 is 22.6 Å². The van der Waals surface area contributed by atoms with Crippen molar-refractivity contribution in [2.75, 3.05) is 13.7 Å². The number of aliphatic hydroxyl groups is 1. The van der Waals surface area contributed by atoms with E-state index in [1.165, 1.54) is 6.92 Å². The first kappa shape index (κ1) is 19.8. The normalized spacial score (nSPS) is 16.6. The maximum Gasteiger partial charge on any atom is 0.290 e. The van der Waals surface area contributed by atoms with Crippen LogP contribution >= 0.6 is 0 Å². The molecule has 1 amide bonds. The Morgan fingerprint density at radius 3 is 2.60 bits per heavy atom. The summed E-state index contributed by atoms with van der Waals surface area (Å²) in [4.78, 5) is 29.9. The lowest BCUT2D eigenvalue weighted by Gasteiger charge is -2.26. The quantitative estimate of drug-likeness (QED) is 0.650. The summed E-state index contributed by atoms with van der Waals surface area (Å²) in [7, 11) is 1.63. The molecular formula is C24H24N2O4. The molecule has 0 radical (unpaired) electrons. The molecule has 1 aliphatic heterocycles. The summed E-state index contributed by atoms with van der Waals surface area (Å²) >= 11 is 0. The van der Waals surface area contributed by atoms with E-state index < -0.39 is 17.7 Å². The summed E-state index contributed by atoms with van der Waals surface area (Å²) in [5.74, 6) is -0.501. The molecule has 30 heavy (non-hydrogen) atoms. The van der Waals surface area contributed by atoms with Crippen LogP contribution in [-0.2, 0) is 16.0 Å².